The molecule has 5 rings (SSSR count). The Kier molecular flexibility index (Phi) is 4.99. The predicted molar refractivity (Wildman–Crippen MR) is 108 cm³/mol. The smallest absolute Gasteiger partial charge is 0.239 e. The summed E-state index contributed by atoms with van der Waals surface area (Å²) in [5.41, 5.74) is 1.83. The summed E-state index contributed by atoms with van der Waals surface area (Å²) in [6.45, 7) is 4.01. The van der Waals surface area contributed by atoms with E-state index in [1.54, 1.807) is 6.33 Å². The molecule has 0 spiro atoms. The fraction of sp³-hybridized carbons (Fsp3) is 0.450. The summed E-state index contributed by atoms with van der Waals surface area (Å²) in [4.78, 5) is 18.4. The number of halogens is 1. The number of hydrogen-bond acceptors (Lipinski definition) is 7. The molecule has 0 aliphatic carbocycles. The van der Waals surface area contributed by atoms with Gasteiger partial charge in [0.1, 0.15) is 30.7 Å². The van der Waals surface area contributed by atoms with Gasteiger partial charge in [0.25, 0.3) is 0 Å². The highest BCUT2D eigenvalue weighted by atomic mass is 19.1. The lowest BCUT2D eigenvalue weighted by atomic mass is 10.3. The molecule has 2 fully saturated rings. The van der Waals surface area contributed by atoms with Crippen molar-refractivity contribution in [2.75, 3.05) is 62.5 Å². The molecule has 0 bridgehead atoms. The molecule has 0 radical (unpaired) electrons. The Balaban J connectivity index is 1.58. The van der Waals surface area contributed by atoms with Gasteiger partial charge in [0, 0.05) is 32.2 Å². The van der Waals surface area contributed by atoms with Crippen LogP contribution in [0.25, 0.3) is 17.0 Å². The molecular formula is C20H23FN6O2. The Hall–Kier alpha value is -2.78. The largest absolute Gasteiger partial charge is 0.378 e. The van der Waals surface area contributed by atoms with Crippen molar-refractivity contribution >= 4 is 22.7 Å². The van der Waals surface area contributed by atoms with Crippen molar-refractivity contribution in [2.45, 2.75) is 6.10 Å². The third-order valence-corrected chi connectivity index (χ3v) is 5.33. The fourth-order valence-electron chi connectivity index (χ4n) is 3.77. The molecule has 4 heterocycles. The Morgan fingerprint density at radius 1 is 1.00 bits per heavy atom. The number of morpholine rings is 2. The van der Waals surface area contributed by atoms with E-state index in [1.807, 2.05) is 34.9 Å². The van der Waals surface area contributed by atoms with Crippen LogP contribution in [0.4, 0.5) is 16.0 Å². The quantitative estimate of drug-likeness (QED) is 0.664. The number of hydrogen-bond donors (Lipinski definition) is 0. The van der Waals surface area contributed by atoms with E-state index in [0.717, 1.165) is 35.8 Å². The van der Waals surface area contributed by atoms with Gasteiger partial charge in [0.05, 0.1) is 30.9 Å². The molecule has 8 nitrogen and oxygen atoms in total. The summed E-state index contributed by atoms with van der Waals surface area (Å²) in [5.74, 6) is 2.17. The summed E-state index contributed by atoms with van der Waals surface area (Å²) in [5, 5.41) is 0. The number of benzene rings is 1. The first kappa shape index (κ1) is 18.3. The van der Waals surface area contributed by atoms with Gasteiger partial charge in [-0.05, 0) is 12.1 Å². The fourth-order valence-corrected chi connectivity index (χ4v) is 3.77. The van der Waals surface area contributed by atoms with Crippen molar-refractivity contribution in [3.63, 3.8) is 0 Å². The highest BCUT2D eigenvalue weighted by molar-refractivity contribution is 5.76. The lowest BCUT2D eigenvalue weighted by Crippen LogP contribution is -2.44. The third-order valence-electron chi connectivity index (χ3n) is 5.33. The monoisotopic (exact) mass is 398 g/mol. The van der Waals surface area contributed by atoms with E-state index >= 15 is 0 Å². The first-order valence-electron chi connectivity index (χ1n) is 9.88. The van der Waals surface area contributed by atoms with Gasteiger partial charge in [-0.25, -0.2) is 9.37 Å². The number of rotatable bonds is 4. The average Bonchev–Trinajstić information content (AvgIpc) is 3.24. The van der Waals surface area contributed by atoms with E-state index < -0.39 is 12.8 Å². The van der Waals surface area contributed by atoms with Gasteiger partial charge in [-0.1, -0.05) is 12.1 Å². The van der Waals surface area contributed by atoms with Crippen molar-refractivity contribution in [1.29, 1.82) is 0 Å². The molecule has 2 aromatic heterocycles. The molecule has 2 saturated heterocycles. The van der Waals surface area contributed by atoms with E-state index in [9.17, 15) is 4.39 Å². The van der Waals surface area contributed by atoms with Gasteiger partial charge in [-0.15, -0.1) is 0 Å². The van der Waals surface area contributed by atoms with Crippen LogP contribution in [0.2, 0.25) is 0 Å². The van der Waals surface area contributed by atoms with Gasteiger partial charge < -0.3 is 19.3 Å². The van der Waals surface area contributed by atoms with Crippen LogP contribution in [0.15, 0.2) is 36.7 Å². The van der Waals surface area contributed by atoms with E-state index in [0.29, 0.717) is 38.9 Å². The molecule has 0 amide bonds. The Morgan fingerprint density at radius 2 is 1.76 bits per heavy atom. The van der Waals surface area contributed by atoms with E-state index in [4.69, 9.17) is 19.4 Å². The molecule has 2 aliphatic heterocycles. The molecule has 0 saturated carbocycles. The normalized spacial score (nSPS) is 20.4. The second-order valence-electron chi connectivity index (χ2n) is 7.18. The first-order valence-corrected chi connectivity index (χ1v) is 9.88. The maximum atomic E-state index is 13.2. The van der Waals surface area contributed by atoms with Crippen molar-refractivity contribution in [2.24, 2.45) is 0 Å². The number of ether oxygens (including phenoxy) is 2. The number of nitrogens with zero attached hydrogens (tertiary/aromatic N) is 6. The Bertz CT molecular complexity index is 990. The SMILES string of the molecule is FCC1CN(c2cc(N3CCOCC3)nc(-n3cnc4ccccc43)n2)CCO1. The lowest BCUT2D eigenvalue weighted by molar-refractivity contribution is 0.0245. The molecule has 1 unspecified atom stereocenters. The predicted octanol–water partition coefficient (Wildman–Crippen LogP) is 1.83. The van der Waals surface area contributed by atoms with Crippen molar-refractivity contribution in [3.05, 3.63) is 36.7 Å². The summed E-state index contributed by atoms with van der Waals surface area (Å²) in [7, 11) is 0. The minimum Gasteiger partial charge on any atom is -0.378 e. The van der Waals surface area contributed by atoms with Crippen LogP contribution >= 0.6 is 0 Å². The number of aromatic nitrogens is 4. The minimum absolute atomic E-state index is 0.428. The zero-order valence-corrected chi connectivity index (χ0v) is 16.1. The van der Waals surface area contributed by atoms with Crippen LogP contribution in [0.3, 0.4) is 0 Å². The second kappa shape index (κ2) is 7.92. The zero-order valence-electron chi connectivity index (χ0n) is 16.1. The van der Waals surface area contributed by atoms with Gasteiger partial charge in [0.15, 0.2) is 0 Å². The minimum atomic E-state index is -0.503. The Morgan fingerprint density at radius 3 is 2.59 bits per heavy atom. The van der Waals surface area contributed by atoms with Gasteiger partial charge in [0.2, 0.25) is 5.95 Å². The summed E-state index contributed by atoms with van der Waals surface area (Å²) in [6.07, 6.45) is 1.32. The number of fused-ring (bicyclic) bond motifs is 1. The molecular weight excluding hydrogens is 375 g/mol. The molecule has 9 heteroatoms. The van der Waals surface area contributed by atoms with E-state index in [2.05, 4.69) is 14.8 Å². The molecule has 1 atom stereocenters. The second-order valence-corrected chi connectivity index (χ2v) is 7.18. The number of para-hydroxylation sites is 2. The average molecular weight is 398 g/mol. The number of anilines is 2. The van der Waals surface area contributed by atoms with Crippen LogP contribution in [0.1, 0.15) is 0 Å². The van der Waals surface area contributed by atoms with Gasteiger partial charge in [-0.2, -0.15) is 9.97 Å². The number of imidazole rings is 1. The molecule has 1 aromatic carbocycles. The number of alkyl halides is 1. The topological polar surface area (TPSA) is 68.5 Å². The molecule has 3 aromatic rings. The van der Waals surface area contributed by atoms with Crippen molar-refractivity contribution < 1.29 is 13.9 Å². The maximum absolute atomic E-state index is 13.2. The maximum Gasteiger partial charge on any atom is 0.239 e. The highest BCUT2D eigenvalue weighted by Crippen LogP contribution is 2.25. The van der Waals surface area contributed by atoms with Crippen LogP contribution < -0.4 is 9.80 Å². The standard InChI is InChI=1S/C20H23FN6O2/c21-12-15-13-26(7-10-29-15)19-11-18(25-5-8-28-9-6-25)23-20(24-19)27-14-22-16-3-1-2-4-17(16)27/h1-4,11,14-15H,5-10,12-13H2. The molecule has 152 valence electrons. The lowest BCUT2D eigenvalue weighted by Gasteiger charge is -2.34. The molecule has 2 aliphatic rings. The van der Waals surface area contributed by atoms with Crippen LogP contribution in [-0.2, 0) is 9.47 Å². The first-order chi connectivity index (χ1) is 14.3. The van der Waals surface area contributed by atoms with Crippen molar-refractivity contribution in [3.8, 4) is 5.95 Å². The van der Waals surface area contributed by atoms with Crippen molar-refractivity contribution in [1.82, 2.24) is 19.5 Å². The summed E-state index contributed by atoms with van der Waals surface area (Å²) >= 11 is 0. The summed E-state index contributed by atoms with van der Waals surface area (Å²) in [6, 6.07) is 9.88. The van der Waals surface area contributed by atoms with E-state index in [1.165, 1.54) is 0 Å². The van der Waals surface area contributed by atoms with Crippen LogP contribution in [0.5, 0.6) is 0 Å². The Labute approximate surface area is 167 Å². The van der Waals surface area contributed by atoms with E-state index in [-0.39, 0.29) is 0 Å². The van der Waals surface area contributed by atoms with Gasteiger partial charge in [-0.3, -0.25) is 4.57 Å². The van der Waals surface area contributed by atoms with Crippen LogP contribution in [0, 0.1) is 0 Å². The molecule has 0 N–H and O–H groups in total. The van der Waals surface area contributed by atoms with Gasteiger partial charge >= 0.3 is 0 Å². The van der Waals surface area contributed by atoms with Crippen LogP contribution in [-0.4, -0.2) is 78.3 Å². The third kappa shape index (κ3) is 3.63. The summed E-state index contributed by atoms with van der Waals surface area (Å²) < 4.78 is 26.1. The molecule has 29 heavy (non-hydrogen) atoms. The zero-order chi connectivity index (χ0) is 19.6. The highest BCUT2D eigenvalue weighted by Gasteiger charge is 2.24.